The Hall–Kier alpha value is -1.69. The van der Waals surface area contributed by atoms with Crippen LogP contribution in [0.1, 0.15) is 57.4 Å². The molecule has 0 saturated carbocycles. The summed E-state index contributed by atoms with van der Waals surface area (Å²) in [6.07, 6.45) is 7.41. The lowest BCUT2D eigenvalue weighted by atomic mass is 10.1. The minimum Gasteiger partial charge on any atom is -0.467 e. The van der Waals surface area contributed by atoms with Gasteiger partial charge in [-0.2, -0.15) is 0 Å². The Balaban J connectivity index is 1.84. The number of rotatable bonds is 5. The van der Waals surface area contributed by atoms with E-state index in [1.807, 2.05) is 32.6 Å². The van der Waals surface area contributed by atoms with Crippen LogP contribution in [0.4, 0.5) is 0 Å². The van der Waals surface area contributed by atoms with Gasteiger partial charge in [-0.15, -0.1) is 11.3 Å². The summed E-state index contributed by atoms with van der Waals surface area (Å²) >= 11 is 1.75. The average molecular weight is 362 g/mol. The molecule has 0 aliphatic heterocycles. The van der Waals surface area contributed by atoms with E-state index in [2.05, 4.69) is 9.97 Å². The lowest BCUT2D eigenvalue weighted by Crippen LogP contribution is -2.44. The van der Waals surface area contributed by atoms with Gasteiger partial charge in [-0.05, 0) is 58.9 Å². The smallest absolute Gasteiger partial charge is 0.261 e. The molecule has 1 aliphatic rings. The van der Waals surface area contributed by atoms with Crippen molar-refractivity contribution in [2.24, 2.45) is 0 Å². The van der Waals surface area contributed by atoms with Crippen LogP contribution in [0.5, 0.6) is 5.88 Å². The Morgan fingerprint density at radius 3 is 2.60 bits per heavy atom. The Bertz CT molecular complexity index is 746. The highest BCUT2D eigenvalue weighted by Crippen LogP contribution is 2.38. The summed E-state index contributed by atoms with van der Waals surface area (Å²) in [5.74, 6) is 0.559. The molecule has 2 heterocycles. The molecule has 0 atom stereocenters. The highest BCUT2D eigenvalue weighted by Gasteiger charge is 2.23. The van der Waals surface area contributed by atoms with Crippen molar-refractivity contribution in [3.63, 3.8) is 0 Å². The van der Waals surface area contributed by atoms with Crippen LogP contribution in [-0.2, 0) is 17.6 Å². The Kier molecular flexibility index (Phi) is 5.57. The minimum atomic E-state index is -0.00178. The number of fused-ring (bicyclic) bond motifs is 3. The SMILES string of the molecule is CC(C)N(C(=O)COc1ncnc2sc3c(c12)CCCCC3)C(C)C. The molecular weight excluding hydrogens is 334 g/mol. The second kappa shape index (κ2) is 7.68. The van der Waals surface area contributed by atoms with E-state index in [1.54, 1.807) is 17.7 Å². The number of aryl methyl sites for hydroxylation is 2. The highest BCUT2D eigenvalue weighted by atomic mass is 32.1. The van der Waals surface area contributed by atoms with Crippen molar-refractivity contribution >= 4 is 27.5 Å². The minimum absolute atomic E-state index is 0.00178. The molecule has 0 spiro atoms. The van der Waals surface area contributed by atoms with E-state index in [0.717, 1.165) is 23.1 Å². The number of amides is 1. The maximum atomic E-state index is 12.6. The molecule has 0 N–H and O–H groups in total. The van der Waals surface area contributed by atoms with Gasteiger partial charge in [0.1, 0.15) is 11.2 Å². The molecule has 1 amide bonds. The van der Waals surface area contributed by atoms with Gasteiger partial charge in [0.2, 0.25) is 5.88 Å². The average Bonchev–Trinajstić information content (AvgIpc) is 2.74. The van der Waals surface area contributed by atoms with Crippen molar-refractivity contribution < 1.29 is 9.53 Å². The molecule has 0 radical (unpaired) electrons. The zero-order valence-electron chi connectivity index (χ0n) is 15.5. The van der Waals surface area contributed by atoms with Crippen molar-refractivity contribution in [1.29, 1.82) is 0 Å². The van der Waals surface area contributed by atoms with Crippen LogP contribution in [0.2, 0.25) is 0 Å². The lowest BCUT2D eigenvalue weighted by Gasteiger charge is -2.30. The van der Waals surface area contributed by atoms with E-state index in [0.29, 0.717) is 5.88 Å². The standard InChI is InChI=1S/C19H27N3O2S/c1-12(2)22(13(3)4)16(23)10-24-18-17-14-8-6-5-7-9-15(14)25-19(17)21-11-20-18/h11-13H,5-10H2,1-4H3. The van der Waals surface area contributed by atoms with Crippen LogP contribution in [0.3, 0.4) is 0 Å². The number of aromatic nitrogens is 2. The molecule has 25 heavy (non-hydrogen) atoms. The molecular formula is C19H27N3O2S. The zero-order valence-corrected chi connectivity index (χ0v) is 16.4. The predicted molar refractivity (Wildman–Crippen MR) is 101 cm³/mol. The first-order valence-electron chi connectivity index (χ1n) is 9.18. The molecule has 0 unspecified atom stereocenters. The number of carbonyl (C=O) groups excluding carboxylic acids is 1. The maximum absolute atomic E-state index is 12.6. The van der Waals surface area contributed by atoms with Crippen LogP contribution >= 0.6 is 11.3 Å². The van der Waals surface area contributed by atoms with Crippen LogP contribution < -0.4 is 4.74 Å². The van der Waals surface area contributed by atoms with Gasteiger partial charge in [0.15, 0.2) is 6.61 Å². The van der Waals surface area contributed by atoms with Gasteiger partial charge in [0.05, 0.1) is 5.39 Å². The molecule has 5 nitrogen and oxygen atoms in total. The molecule has 0 bridgehead atoms. The van der Waals surface area contributed by atoms with Crippen LogP contribution in [0.15, 0.2) is 6.33 Å². The molecule has 136 valence electrons. The second-order valence-corrected chi connectivity index (χ2v) is 8.28. The second-order valence-electron chi connectivity index (χ2n) is 7.20. The van der Waals surface area contributed by atoms with E-state index in [9.17, 15) is 4.79 Å². The molecule has 0 fully saturated rings. The highest BCUT2D eigenvalue weighted by molar-refractivity contribution is 7.18. The van der Waals surface area contributed by atoms with Gasteiger partial charge < -0.3 is 9.64 Å². The van der Waals surface area contributed by atoms with Crippen molar-refractivity contribution in [3.05, 3.63) is 16.8 Å². The summed E-state index contributed by atoms with van der Waals surface area (Å²) in [6, 6.07) is 0.304. The molecule has 3 rings (SSSR count). The lowest BCUT2D eigenvalue weighted by molar-refractivity contribution is -0.137. The molecule has 0 saturated heterocycles. The van der Waals surface area contributed by atoms with Gasteiger partial charge in [0, 0.05) is 17.0 Å². The van der Waals surface area contributed by atoms with Crippen LogP contribution in [0, 0.1) is 0 Å². The van der Waals surface area contributed by atoms with Gasteiger partial charge in [0.25, 0.3) is 5.91 Å². The normalized spacial score (nSPS) is 14.6. The Morgan fingerprint density at radius 1 is 1.16 bits per heavy atom. The topological polar surface area (TPSA) is 55.3 Å². The number of hydrogen-bond donors (Lipinski definition) is 0. The van der Waals surface area contributed by atoms with Gasteiger partial charge in [-0.25, -0.2) is 9.97 Å². The first kappa shape index (κ1) is 18.1. The third-order valence-corrected chi connectivity index (χ3v) is 5.90. The maximum Gasteiger partial charge on any atom is 0.261 e. The van der Waals surface area contributed by atoms with E-state index < -0.39 is 0 Å². The van der Waals surface area contributed by atoms with Gasteiger partial charge in [-0.1, -0.05) is 6.42 Å². The molecule has 0 aromatic carbocycles. The van der Waals surface area contributed by atoms with Crippen molar-refractivity contribution in [2.75, 3.05) is 6.61 Å². The van der Waals surface area contributed by atoms with Crippen molar-refractivity contribution in [2.45, 2.75) is 71.9 Å². The molecule has 2 aromatic rings. The largest absolute Gasteiger partial charge is 0.467 e. The number of carbonyl (C=O) groups is 1. The van der Waals surface area contributed by atoms with E-state index in [4.69, 9.17) is 4.74 Å². The summed E-state index contributed by atoms with van der Waals surface area (Å²) in [6.45, 7) is 8.13. The van der Waals surface area contributed by atoms with Crippen LogP contribution in [0.25, 0.3) is 10.2 Å². The quantitative estimate of drug-likeness (QED) is 0.756. The molecule has 1 aliphatic carbocycles. The summed E-state index contributed by atoms with van der Waals surface area (Å²) in [5, 5.41) is 1.03. The number of nitrogens with zero attached hydrogens (tertiary/aromatic N) is 3. The van der Waals surface area contributed by atoms with Crippen molar-refractivity contribution in [3.8, 4) is 5.88 Å². The summed E-state index contributed by atoms with van der Waals surface area (Å²) < 4.78 is 5.89. The van der Waals surface area contributed by atoms with Gasteiger partial charge >= 0.3 is 0 Å². The van der Waals surface area contributed by atoms with E-state index in [-0.39, 0.29) is 24.6 Å². The fourth-order valence-corrected chi connectivity index (χ4v) is 4.94. The Labute approximate surface area is 153 Å². The van der Waals surface area contributed by atoms with Crippen LogP contribution in [-0.4, -0.2) is 39.5 Å². The monoisotopic (exact) mass is 361 g/mol. The first-order valence-corrected chi connectivity index (χ1v) is 10.00. The van der Waals surface area contributed by atoms with E-state index >= 15 is 0 Å². The fourth-order valence-electron chi connectivity index (χ4n) is 3.72. The van der Waals surface area contributed by atoms with Crippen molar-refractivity contribution in [1.82, 2.24) is 14.9 Å². The summed E-state index contributed by atoms with van der Waals surface area (Å²) in [5.41, 5.74) is 1.34. The summed E-state index contributed by atoms with van der Waals surface area (Å²) in [4.78, 5) is 25.6. The first-order chi connectivity index (χ1) is 12.0. The van der Waals surface area contributed by atoms with E-state index in [1.165, 1.54) is 29.7 Å². The number of ether oxygens (including phenoxy) is 1. The summed E-state index contributed by atoms with van der Waals surface area (Å²) in [7, 11) is 0. The number of hydrogen-bond acceptors (Lipinski definition) is 5. The fraction of sp³-hybridized carbons (Fsp3) is 0.632. The molecule has 6 heteroatoms. The van der Waals surface area contributed by atoms with Gasteiger partial charge in [-0.3, -0.25) is 4.79 Å². The predicted octanol–water partition coefficient (Wildman–Crippen LogP) is 3.98. The third-order valence-electron chi connectivity index (χ3n) is 4.70. The Morgan fingerprint density at radius 2 is 1.88 bits per heavy atom. The zero-order chi connectivity index (χ0) is 18.0. The third kappa shape index (κ3) is 3.78. The number of thiophene rings is 1. The molecule has 2 aromatic heterocycles.